The van der Waals surface area contributed by atoms with Gasteiger partial charge in [-0.15, -0.1) is 0 Å². The summed E-state index contributed by atoms with van der Waals surface area (Å²) in [5.74, 6) is -0.216. The maximum absolute atomic E-state index is 11.7. The van der Waals surface area contributed by atoms with E-state index in [0.717, 1.165) is 25.9 Å². The van der Waals surface area contributed by atoms with Gasteiger partial charge in [0.1, 0.15) is 0 Å². The second-order valence-electron chi connectivity index (χ2n) is 5.71. The third-order valence-corrected chi connectivity index (χ3v) is 3.72. The van der Waals surface area contributed by atoms with Gasteiger partial charge in [-0.25, -0.2) is 4.79 Å². The summed E-state index contributed by atoms with van der Waals surface area (Å²) in [6.07, 6.45) is 13.1. The second-order valence-corrected chi connectivity index (χ2v) is 5.71. The van der Waals surface area contributed by atoms with Crippen molar-refractivity contribution in [2.75, 3.05) is 13.2 Å². The first-order valence-electron chi connectivity index (χ1n) is 8.37. The normalized spacial score (nSPS) is 16.8. The Kier molecular flexibility index (Phi) is 7.75. The largest absolute Gasteiger partial charge is 0.462 e. The van der Waals surface area contributed by atoms with E-state index >= 15 is 0 Å². The van der Waals surface area contributed by atoms with Gasteiger partial charge >= 0.3 is 5.97 Å². The van der Waals surface area contributed by atoms with E-state index in [9.17, 15) is 4.79 Å². The van der Waals surface area contributed by atoms with Crippen LogP contribution < -0.4 is 0 Å². The average molecular weight is 302 g/mol. The number of ether oxygens (including phenoxy) is 2. The van der Waals surface area contributed by atoms with Crippen LogP contribution in [0.3, 0.4) is 0 Å². The molecule has 1 fully saturated rings. The first-order chi connectivity index (χ1) is 10.9. The maximum atomic E-state index is 11.7. The van der Waals surface area contributed by atoms with Crippen molar-refractivity contribution in [1.29, 1.82) is 0 Å². The number of carbonyl (C=O) groups is 1. The van der Waals surface area contributed by atoms with Crippen molar-refractivity contribution in [3.05, 3.63) is 48.0 Å². The van der Waals surface area contributed by atoms with Gasteiger partial charge in [0, 0.05) is 0 Å². The lowest BCUT2D eigenvalue weighted by Crippen LogP contribution is -2.06. The van der Waals surface area contributed by atoms with E-state index < -0.39 is 0 Å². The smallest absolute Gasteiger partial charge is 0.338 e. The van der Waals surface area contributed by atoms with Gasteiger partial charge in [-0.2, -0.15) is 0 Å². The Balaban J connectivity index is 1.37. The molecule has 0 N–H and O–H groups in total. The summed E-state index contributed by atoms with van der Waals surface area (Å²) in [6, 6.07) is 9.16. The van der Waals surface area contributed by atoms with Crippen LogP contribution >= 0.6 is 0 Å². The lowest BCUT2D eigenvalue weighted by Gasteiger charge is -2.04. The number of unbranched alkanes of at least 4 members (excludes halogenated alkanes) is 6. The molecule has 0 radical (unpaired) electrons. The summed E-state index contributed by atoms with van der Waals surface area (Å²) in [5.41, 5.74) is 0.632. The van der Waals surface area contributed by atoms with E-state index in [1.807, 2.05) is 18.2 Å². The van der Waals surface area contributed by atoms with E-state index in [4.69, 9.17) is 9.47 Å². The number of hydrogen-bond donors (Lipinski definition) is 0. The van der Waals surface area contributed by atoms with Crippen molar-refractivity contribution in [2.45, 2.75) is 51.0 Å². The zero-order chi connectivity index (χ0) is 15.5. The molecule has 0 aromatic heterocycles. The minimum atomic E-state index is -0.216. The number of carbonyl (C=O) groups excluding carboxylic acids is 1. The molecule has 0 amide bonds. The van der Waals surface area contributed by atoms with Crippen LogP contribution in [0.2, 0.25) is 0 Å². The number of hydrogen-bond acceptors (Lipinski definition) is 3. The first kappa shape index (κ1) is 16.8. The van der Waals surface area contributed by atoms with Crippen LogP contribution in [0.4, 0.5) is 0 Å². The van der Waals surface area contributed by atoms with Crippen molar-refractivity contribution in [1.82, 2.24) is 0 Å². The summed E-state index contributed by atoms with van der Waals surface area (Å²) in [7, 11) is 0. The van der Waals surface area contributed by atoms with Crippen molar-refractivity contribution >= 4 is 5.97 Å². The van der Waals surface area contributed by atoms with Gasteiger partial charge in [-0.1, -0.05) is 56.0 Å². The van der Waals surface area contributed by atoms with Gasteiger partial charge in [-0.3, -0.25) is 0 Å². The molecule has 1 aromatic rings. The molecule has 1 aliphatic rings. The third kappa shape index (κ3) is 7.41. The predicted molar refractivity (Wildman–Crippen MR) is 87.9 cm³/mol. The van der Waals surface area contributed by atoms with Gasteiger partial charge in [-0.05, 0) is 31.4 Å². The minimum absolute atomic E-state index is 0.216. The van der Waals surface area contributed by atoms with Crippen molar-refractivity contribution in [3.63, 3.8) is 0 Å². The van der Waals surface area contributed by atoms with Gasteiger partial charge in [0.15, 0.2) is 0 Å². The Labute approximate surface area is 133 Å². The number of allylic oxidation sites excluding steroid dienone is 1. The zero-order valence-corrected chi connectivity index (χ0v) is 13.2. The van der Waals surface area contributed by atoms with Crippen LogP contribution in [0.1, 0.15) is 55.3 Å². The van der Waals surface area contributed by atoms with Crippen molar-refractivity contribution in [2.24, 2.45) is 0 Å². The Morgan fingerprint density at radius 3 is 2.50 bits per heavy atom. The molecule has 1 heterocycles. The first-order valence-corrected chi connectivity index (χ1v) is 8.37. The third-order valence-electron chi connectivity index (χ3n) is 3.72. The number of rotatable bonds is 11. The van der Waals surface area contributed by atoms with Crippen LogP contribution in [0, 0.1) is 0 Å². The monoisotopic (exact) mass is 302 g/mol. The highest BCUT2D eigenvalue weighted by molar-refractivity contribution is 5.89. The predicted octanol–water partition coefficient (Wildman–Crippen LogP) is 4.53. The summed E-state index contributed by atoms with van der Waals surface area (Å²) in [6.45, 7) is 1.43. The van der Waals surface area contributed by atoms with Crippen molar-refractivity contribution in [3.8, 4) is 0 Å². The number of esters is 1. The molecular formula is C19H26O3. The molecule has 3 nitrogen and oxygen atoms in total. The molecule has 0 spiro atoms. The fourth-order valence-corrected chi connectivity index (χ4v) is 2.31. The van der Waals surface area contributed by atoms with Gasteiger partial charge in [0.25, 0.3) is 0 Å². The summed E-state index contributed by atoms with van der Waals surface area (Å²) < 4.78 is 10.4. The van der Waals surface area contributed by atoms with Gasteiger partial charge in [0.05, 0.1) is 24.9 Å². The van der Waals surface area contributed by atoms with E-state index in [2.05, 4.69) is 12.2 Å². The van der Waals surface area contributed by atoms with Crippen molar-refractivity contribution < 1.29 is 14.3 Å². The molecule has 0 bridgehead atoms. The molecule has 2 rings (SSSR count). The minimum Gasteiger partial charge on any atom is -0.462 e. The molecule has 22 heavy (non-hydrogen) atoms. The maximum Gasteiger partial charge on any atom is 0.338 e. The number of epoxide rings is 1. The molecular weight excluding hydrogens is 276 g/mol. The Hall–Kier alpha value is -1.61. The summed E-state index contributed by atoms with van der Waals surface area (Å²) in [4.78, 5) is 11.7. The Morgan fingerprint density at radius 1 is 1.09 bits per heavy atom. The Bertz CT molecular complexity index is 449. The van der Waals surface area contributed by atoms with E-state index in [1.54, 1.807) is 12.1 Å². The average Bonchev–Trinajstić information content (AvgIpc) is 3.37. The van der Waals surface area contributed by atoms with Crippen LogP contribution in [-0.4, -0.2) is 25.3 Å². The summed E-state index contributed by atoms with van der Waals surface area (Å²) in [5, 5.41) is 0. The van der Waals surface area contributed by atoms with E-state index in [-0.39, 0.29) is 5.97 Å². The fourth-order valence-electron chi connectivity index (χ4n) is 2.31. The highest BCUT2D eigenvalue weighted by Gasteiger charge is 2.17. The van der Waals surface area contributed by atoms with Gasteiger partial charge < -0.3 is 9.47 Å². The summed E-state index contributed by atoms with van der Waals surface area (Å²) >= 11 is 0. The van der Waals surface area contributed by atoms with Gasteiger partial charge in [0.2, 0.25) is 0 Å². The molecule has 1 atom stereocenters. The molecule has 0 aliphatic carbocycles. The lowest BCUT2D eigenvalue weighted by atomic mass is 10.1. The SMILES string of the molecule is O=C(OCCCCCCCC/C=C/C1CO1)c1ccccc1. The van der Waals surface area contributed by atoms with Crippen LogP contribution in [0.15, 0.2) is 42.5 Å². The van der Waals surface area contributed by atoms with E-state index in [1.165, 1.54) is 25.7 Å². The molecule has 120 valence electrons. The molecule has 0 saturated carbocycles. The fraction of sp³-hybridized carbons (Fsp3) is 0.526. The Morgan fingerprint density at radius 2 is 1.77 bits per heavy atom. The number of benzene rings is 1. The second kappa shape index (κ2) is 10.2. The highest BCUT2D eigenvalue weighted by atomic mass is 16.6. The molecule has 1 unspecified atom stereocenters. The van der Waals surface area contributed by atoms with Crippen LogP contribution in [0.5, 0.6) is 0 Å². The van der Waals surface area contributed by atoms with Crippen LogP contribution in [0.25, 0.3) is 0 Å². The molecule has 1 saturated heterocycles. The standard InChI is InChI=1S/C19H26O3/c20-19(17-12-8-7-9-13-17)21-15-11-6-4-2-1-3-5-10-14-18-16-22-18/h7-10,12-14,18H,1-6,11,15-16H2/b14-10+. The molecule has 3 heteroatoms. The molecule has 1 aromatic carbocycles. The quantitative estimate of drug-likeness (QED) is 0.261. The lowest BCUT2D eigenvalue weighted by molar-refractivity contribution is 0.0497. The highest BCUT2D eigenvalue weighted by Crippen LogP contribution is 2.12. The van der Waals surface area contributed by atoms with E-state index in [0.29, 0.717) is 18.3 Å². The topological polar surface area (TPSA) is 38.8 Å². The zero-order valence-electron chi connectivity index (χ0n) is 13.2. The van der Waals surface area contributed by atoms with Crippen LogP contribution in [-0.2, 0) is 9.47 Å². The molecule has 1 aliphatic heterocycles.